The minimum absolute atomic E-state index is 0.500. The Labute approximate surface area is 66.2 Å². The van der Waals surface area contributed by atoms with Gasteiger partial charge in [-0.3, -0.25) is 0 Å². The lowest BCUT2D eigenvalue weighted by Crippen LogP contribution is -2.16. The predicted octanol–water partition coefficient (Wildman–Crippen LogP) is 1.47. The quantitative estimate of drug-likeness (QED) is 0.383. The molecule has 1 aromatic carbocycles. The van der Waals surface area contributed by atoms with Gasteiger partial charge in [0.15, 0.2) is 5.03 Å². The van der Waals surface area contributed by atoms with E-state index in [1.165, 1.54) is 0 Å². The third-order valence-corrected chi connectivity index (χ3v) is 1.68. The smallest absolute Gasteiger partial charge is 0.167 e. The number of nitro groups is 1. The maximum atomic E-state index is 10.2. The van der Waals surface area contributed by atoms with Crippen LogP contribution in [0.5, 0.6) is 0 Å². The highest BCUT2D eigenvalue weighted by atomic mass is 31.0. The molecule has 0 aliphatic heterocycles. The van der Waals surface area contributed by atoms with Gasteiger partial charge in [0.25, 0.3) is 0 Å². The number of benzene rings is 1. The summed E-state index contributed by atoms with van der Waals surface area (Å²) in [5.41, 5.74) is 0.544. The molecular weight excluding hydrogens is 163 g/mol. The Hall–Kier alpha value is -1.15. The van der Waals surface area contributed by atoms with Gasteiger partial charge >= 0.3 is 0 Å². The van der Waals surface area contributed by atoms with Gasteiger partial charge in [-0.1, -0.05) is 23.0 Å². The van der Waals surface area contributed by atoms with Crippen molar-refractivity contribution in [2.75, 3.05) is 4.78 Å². The SMILES string of the molecule is O=[N+]([O-])N(P)c1ccccc1. The van der Waals surface area contributed by atoms with E-state index in [-0.39, 0.29) is 0 Å². The van der Waals surface area contributed by atoms with Crippen LogP contribution in [0.25, 0.3) is 0 Å². The van der Waals surface area contributed by atoms with Crippen LogP contribution in [0.4, 0.5) is 5.69 Å². The molecule has 0 radical (unpaired) electrons. The van der Waals surface area contributed by atoms with Crippen molar-refractivity contribution in [1.82, 2.24) is 0 Å². The Morgan fingerprint density at radius 1 is 1.36 bits per heavy atom. The number of anilines is 1. The van der Waals surface area contributed by atoms with Crippen LogP contribution >= 0.6 is 9.39 Å². The molecule has 5 heteroatoms. The molecule has 1 unspecified atom stereocenters. The second-order valence-corrected chi connectivity index (χ2v) is 2.41. The average Bonchev–Trinajstić information content (AvgIpc) is 2.05. The Kier molecular flexibility index (Phi) is 2.39. The van der Waals surface area contributed by atoms with Gasteiger partial charge in [0, 0.05) is 9.39 Å². The summed E-state index contributed by atoms with van der Waals surface area (Å²) in [5, 5.41) is 9.71. The van der Waals surface area contributed by atoms with Crippen molar-refractivity contribution in [3.8, 4) is 0 Å². The molecule has 0 saturated carbocycles. The van der Waals surface area contributed by atoms with Crippen molar-refractivity contribution in [2.24, 2.45) is 0 Å². The molecule has 1 rings (SSSR count). The molecule has 0 aromatic heterocycles. The van der Waals surface area contributed by atoms with Gasteiger partial charge in [-0.2, -0.15) is 0 Å². The number of para-hydroxylation sites is 1. The number of hydrogen-bond acceptors (Lipinski definition) is 2. The van der Waals surface area contributed by atoms with Crippen LogP contribution in [0, 0.1) is 10.1 Å². The molecule has 0 amide bonds. The second kappa shape index (κ2) is 3.30. The molecule has 0 bridgehead atoms. The summed E-state index contributed by atoms with van der Waals surface area (Å²) >= 11 is 0. The summed E-state index contributed by atoms with van der Waals surface area (Å²) in [6.45, 7) is 0. The average molecular weight is 170 g/mol. The Morgan fingerprint density at radius 3 is 2.36 bits per heavy atom. The van der Waals surface area contributed by atoms with Crippen molar-refractivity contribution in [3.63, 3.8) is 0 Å². The summed E-state index contributed by atoms with van der Waals surface area (Å²) in [6.07, 6.45) is 0. The maximum Gasteiger partial charge on any atom is 0.167 e. The zero-order valence-corrected chi connectivity index (χ0v) is 6.83. The summed E-state index contributed by atoms with van der Waals surface area (Å²) in [6, 6.07) is 8.62. The van der Waals surface area contributed by atoms with E-state index in [1.807, 2.05) is 15.5 Å². The third kappa shape index (κ3) is 1.88. The van der Waals surface area contributed by atoms with Crippen molar-refractivity contribution in [2.45, 2.75) is 0 Å². The van der Waals surface area contributed by atoms with Crippen LogP contribution in [0.3, 0.4) is 0 Å². The maximum absolute atomic E-state index is 10.2. The van der Waals surface area contributed by atoms with Crippen molar-refractivity contribution >= 4 is 15.1 Å². The highest BCUT2D eigenvalue weighted by Gasteiger charge is 2.08. The number of nitrogens with zero attached hydrogens (tertiary/aromatic N) is 2. The first kappa shape index (κ1) is 7.95. The van der Waals surface area contributed by atoms with Crippen molar-refractivity contribution in [3.05, 3.63) is 40.4 Å². The molecule has 0 aliphatic rings. The van der Waals surface area contributed by atoms with E-state index in [0.717, 1.165) is 4.78 Å². The lowest BCUT2D eigenvalue weighted by atomic mass is 10.3. The monoisotopic (exact) mass is 170 g/mol. The van der Waals surface area contributed by atoms with Crippen LogP contribution < -0.4 is 4.78 Å². The van der Waals surface area contributed by atoms with Crippen LogP contribution in [0.15, 0.2) is 30.3 Å². The minimum Gasteiger partial charge on any atom is -0.234 e. The molecule has 4 nitrogen and oxygen atoms in total. The molecule has 0 saturated heterocycles. The fourth-order valence-corrected chi connectivity index (χ4v) is 0.847. The second-order valence-electron chi connectivity index (χ2n) is 1.92. The zero-order valence-electron chi connectivity index (χ0n) is 5.68. The third-order valence-electron chi connectivity index (χ3n) is 1.20. The lowest BCUT2D eigenvalue weighted by Gasteiger charge is -2.05. The number of hydrazine groups is 1. The molecular formula is C6H7N2O2P. The van der Waals surface area contributed by atoms with Gasteiger partial charge < -0.3 is 0 Å². The van der Waals surface area contributed by atoms with E-state index in [0.29, 0.717) is 5.69 Å². The standard InChI is InChI=1S/C6H7N2O2P/c9-8(10)7(11)6-4-2-1-3-5-6/h1-5H,11H2. The molecule has 58 valence electrons. The van der Waals surface area contributed by atoms with Gasteiger partial charge in [-0.05, 0) is 12.1 Å². The van der Waals surface area contributed by atoms with E-state index in [9.17, 15) is 10.1 Å². The highest BCUT2D eigenvalue weighted by Crippen LogP contribution is 2.16. The fourth-order valence-electron chi connectivity index (χ4n) is 0.675. The summed E-state index contributed by atoms with van der Waals surface area (Å²) < 4.78 is 0.889. The first-order valence-electron chi connectivity index (χ1n) is 2.96. The molecule has 0 aliphatic carbocycles. The van der Waals surface area contributed by atoms with Gasteiger partial charge in [-0.15, -0.1) is 0 Å². The van der Waals surface area contributed by atoms with E-state index in [2.05, 4.69) is 0 Å². The largest absolute Gasteiger partial charge is 0.234 e. The van der Waals surface area contributed by atoms with Gasteiger partial charge in [0.2, 0.25) is 0 Å². The Bertz CT molecular complexity index is 252. The molecule has 0 N–H and O–H groups in total. The van der Waals surface area contributed by atoms with Gasteiger partial charge in [0.1, 0.15) is 5.69 Å². The Morgan fingerprint density at radius 2 is 1.91 bits per heavy atom. The van der Waals surface area contributed by atoms with E-state index < -0.39 is 5.03 Å². The molecule has 11 heavy (non-hydrogen) atoms. The first-order chi connectivity index (χ1) is 5.22. The summed E-state index contributed by atoms with van der Waals surface area (Å²) in [5.74, 6) is 0. The number of rotatable bonds is 2. The fraction of sp³-hybridized carbons (Fsp3) is 0. The van der Waals surface area contributed by atoms with Crippen molar-refractivity contribution in [1.29, 1.82) is 0 Å². The minimum atomic E-state index is -0.500. The van der Waals surface area contributed by atoms with Crippen molar-refractivity contribution < 1.29 is 5.03 Å². The number of hydrogen-bond donors (Lipinski definition) is 0. The van der Waals surface area contributed by atoms with E-state index in [4.69, 9.17) is 0 Å². The van der Waals surface area contributed by atoms with Crippen LogP contribution in [-0.4, -0.2) is 5.03 Å². The van der Waals surface area contributed by atoms with Crippen LogP contribution in [0.1, 0.15) is 0 Å². The zero-order chi connectivity index (χ0) is 8.27. The molecule has 0 heterocycles. The normalized spacial score (nSPS) is 9.18. The summed E-state index contributed by atoms with van der Waals surface area (Å²) in [7, 11) is 2.02. The van der Waals surface area contributed by atoms with E-state index in [1.54, 1.807) is 24.3 Å². The van der Waals surface area contributed by atoms with E-state index >= 15 is 0 Å². The molecule has 0 fully saturated rings. The van der Waals surface area contributed by atoms with Gasteiger partial charge in [-0.25, -0.2) is 10.1 Å². The summed E-state index contributed by atoms with van der Waals surface area (Å²) in [4.78, 5) is 10.2. The molecule has 0 spiro atoms. The Balaban J connectivity index is 2.85. The highest BCUT2D eigenvalue weighted by molar-refractivity contribution is 7.18. The molecule has 1 atom stereocenters. The van der Waals surface area contributed by atoms with Crippen LogP contribution in [-0.2, 0) is 0 Å². The lowest BCUT2D eigenvalue weighted by molar-refractivity contribution is -0.473. The molecule has 1 aromatic rings. The van der Waals surface area contributed by atoms with Gasteiger partial charge in [0.05, 0.1) is 0 Å². The topological polar surface area (TPSA) is 46.4 Å². The predicted molar refractivity (Wildman–Crippen MR) is 45.6 cm³/mol. The van der Waals surface area contributed by atoms with Crippen LogP contribution in [0.2, 0.25) is 0 Å². The first-order valence-corrected chi connectivity index (χ1v) is 3.47.